The Hall–Kier alpha value is 0.380. The van der Waals surface area contributed by atoms with E-state index in [9.17, 15) is 8.76 Å². The molecule has 0 saturated carbocycles. The Kier molecular flexibility index (Phi) is 2.70. The monoisotopic (exact) mass is 129 g/mol. The standard InChI is InChI=1S/H3NO3S2/c1-5(2)6(3)4/h1H2,(H,3,4). The van der Waals surface area contributed by atoms with Crippen LogP contribution in [0.2, 0.25) is 0 Å². The summed E-state index contributed by atoms with van der Waals surface area (Å²) in [5, 5.41) is 4.36. The molecule has 0 aromatic rings. The molecule has 0 radical (unpaired) electrons. The highest BCUT2D eigenvalue weighted by Gasteiger charge is 2.04. The van der Waals surface area contributed by atoms with Crippen LogP contribution in [0.15, 0.2) is 0 Å². The fraction of sp³-hybridized carbons (Fsp3) is 0. The molecule has 0 amide bonds. The highest BCUT2D eigenvalue weighted by Crippen LogP contribution is 1.78. The molecule has 0 spiro atoms. The van der Waals surface area contributed by atoms with Gasteiger partial charge in [-0.05, 0) is 0 Å². The Morgan fingerprint density at radius 3 is 2.17 bits per heavy atom. The van der Waals surface area contributed by atoms with E-state index < -0.39 is 20.5 Å². The zero-order valence-electron chi connectivity index (χ0n) is 2.66. The molecule has 0 bridgehead atoms. The Bertz CT molecular complexity index is 59.8. The second-order valence-corrected chi connectivity index (χ2v) is 3.27. The lowest BCUT2D eigenvalue weighted by atomic mass is 14.0. The lowest BCUT2D eigenvalue weighted by Gasteiger charge is -1.89. The first-order valence-corrected chi connectivity index (χ1v) is 3.75. The minimum Gasteiger partial charge on any atom is -0.583 e. The molecule has 0 aliphatic carbocycles. The van der Waals surface area contributed by atoms with Gasteiger partial charge in [-0.25, -0.2) is 0 Å². The first-order chi connectivity index (χ1) is 2.64. The summed E-state index contributed by atoms with van der Waals surface area (Å²) in [5.74, 6) is 0. The van der Waals surface area contributed by atoms with Crippen molar-refractivity contribution in [2.24, 2.45) is 5.14 Å². The minimum absolute atomic E-state index is 2.09. The molecule has 0 aliphatic rings. The van der Waals surface area contributed by atoms with Crippen molar-refractivity contribution in [3.63, 3.8) is 0 Å². The second kappa shape index (κ2) is 2.54. The molecule has 2 atom stereocenters. The highest BCUT2D eigenvalue weighted by molar-refractivity contribution is 8.61. The van der Waals surface area contributed by atoms with Crippen molar-refractivity contribution >= 4 is 20.5 Å². The number of nitrogens with two attached hydrogens (primary N) is 1. The van der Waals surface area contributed by atoms with Gasteiger partial charge in [0.25, 0.3) is 0 Å². The SMILES string of the molecule is N[S+]([O-])S(=O)O. The third-order valence-corrected chi connectivity index (χ3v) is 1.26. The molecular weight excluding hydrogens is 126 g/mol. The van der Waals surface area contributed by atoms with Crippen LogP contribution in [0, 0.1) is 0 Å². The number of rotatable bonds is 1. The van der Waals surface area contributed by atoms with E-state index in [2.05, 4.69) is 5.14 Å². The van der Waals surface area contributed by atoms with Crippen molar-refractivity contribution in [3.8, 4) is 0 Å². The predicted molar refractivity (Wildman–Crippen MR) is 23.1 cm³/mol. The molecule has 6 heavy (non-hydrogen) atoms. The zero-order chi connectivity index (χ0) is 5.15. The van der Waals surface area contributed by atoms with E-state index in [1.807, 2.05) is 0 Å². The number of hydrogen-bond acceptors (Lipinski definition) is 3. The maximum atomic E-state index is 9.48. The Balaban J connectivity index is 3.26. The highest BCUT2D eigenvalue weighted by atomic mass is 33.2. The van der Waals surface area contributed by atoms with Crippen LogP contribution < -0.4 is 5.14 Å². The lowest BCUT2D eigenvalue weighted by Crippen LogP contribution is -2.16. The third kappa shape index (κ3) is 2.61. The van der Waals surface area contributed by atoms with Crippen LogP contribution in [-0.4, -0.2) is 13.3 Å². The normalized spacial score (nSPS) is 19.8. The Morgan fingerprint density at radius 2 is 2.17 bits per heavy atom. The van der Waals surface area contributed by atoms with Crippen LogP contribution in [0.3, 0.4) is 0 Å². The van der Waals surface area contributed by atoms with Crippen molar-refractivity contribution < 1.29 is 13.3 Å². The van der Waals surface area contributed by atoms with E-state index in [-0.39, 0.29) is 0 Å². The van der Waals surface area contributed by atoms with Crippen molar-refractivity contribution in [2.75, 3.05) is 0 Å². The van der Waals surface area contributed by atoms with Crippen LogP contribution in [0.5, 0.6) is 0 Å². The Labute approximate surface area is 39.7 Å². The molecule has 4 nitrogen and oxygen atoms in total. The summed E-state index contributed by atoms with van der Waals surface area (Å²) >= 11 is 0. The van der Waals surface area contributed by atoms with E-state index in [1.165, 1.54) is 0 Å². The molecule has 0 aliphatic heterocycles. The molecule has 0 aromatic heterocycles. The van der Waals surface area contributed by atoms with Crippen molar-refractivity contribution in [1.82, 2.24) is 0 Å². The summed E-state index contributed by atoms with van der Waals surface area (Å²) in [5.41, 5.74) is 0. The van der Waals surface area contributed by atoms with Gasteiger partial charge in [-0.2, -0.15) is 4.21 Å². The first-order valence-electron chi connectivity index (χ1n) is 0.918. The van der Waals surface area contributed by atoms with Gasteiger partial charge >= 0.3 is 10.1 Å². The molecule has 0 heterocycles. The van der Waals surface area contributed by atoms with E-state index in [0.717, 1.165) is 0 Å². The van der Waals surface area contributed by atoms with Crippen LogP contribution in [0.1, 0.15) is 0 Å². The molecule has 6 heteroatoms. The molecule has 0 aromatic carbocycles. The molecule has 0 saturated heterocycles. The van der Waals surface area contributed by atoms with Gasteiger partial charge in [0.15, 0.2) is 10.4 Å². The quantitative estimate of drug-likeness (QED) is 0.263. The summed E-state index contributed by atoms with van der Waals surface area (Å²) in [6.45, 7) is 0. The van der Waals surface area contributed by atoms with E-state index in [4.69, 9.17) is 4.55 Å². The topological polar surface area (TPSA) is 86.4 Å². The fourth-order valence-electron chi connectivity index (χ4n) is 0. The average molecular weight is 129 g/mol. The summed E-state index contributed by atoms with van der Waals surface area (Å²) in [6.07, 6.45) is 0. The molecular formula is H3NO3S2. The van der Waals surface area contributed by atoms with Gasteiger partial charge in [-0.3, -0.25) is 4.55 Å². The molecule has 3 N–H and O–H groups in total. The summed E-state index contributed by atoms with van der Waals surface area (Å²) in [6, 6.07) is 0. The smallest absolute Gasteiger partial charge is 0.391 e. The van der Waals surface area contributed by atoms with Crippen LogP contribution >= 0.6 is 0 Å². The number of hydrogen-bond donors (Lipinski definition) is 2. The Morgan fingerprint density at radius 1 is 2.00 bits per heavy atom. The first kappa shape index (κ1) is 6.38. The van der Waals surface area contributed by atoms with Crippen LogP contribution in [0.4, 0.5) is 0 Å². The van der Waals surface area contributed by atoms with Gasteiger partial charge < -0.3 is 4.55 Å². The van der Waals surface area contributed by atoms with Gasteiger partial charge in [-0.1, -0.05) is 0 Å². The molecule has 38 valence electrons. The van der Waals surface area contributed by atoms with Crippen LogP contribution in [0.25, 0.3) is 0 Å². The minimum atomic E-state index is -2.37. The van der Waals surface area contributed by atoms with E-state index >= 15 is 0 Å². The van der Waals surface area contributed by atoms with Crippen molar-refractivity contribution in [2.45, 2.75) is 0 Å². The largest absolute Gasteiger partial charge is 0.583 e. The average Bonchev–Trinajstić information content (AvgIpc) is 1.36. The zero-order valence-corrected chi connectivity index (χ0v) is 4.29. The summed E-state index contributed by atoms with van der Waals surface area (Å²) < 4.78 is 26.5. The van der Waals surface area contributed by atoms with Gasteiger partial charge in [0.05, 0.1) is 0 Å². The maximum Gasteiger partial charge on any atom is 0.391 e. The lowest BCUT2D eigenvalue weighted by molar-refractivity contribution is 0.563. The summed E-state index contributed by atoms with van der Waals surface area (Å²) in [7, 11) is -4.46. The summed E-state index contributed by atoms with van der Waals surface area (Å²) in [4.78, 5) is 0. The van der Waals surface area contributed by atoms with Crippen molar-refractivity contribution in [3.05, 3.63) is 0 Å². The van der Waals surface area contributed by atoms with Crippen LogP contribution in [-0.2, 0) is 20.5 Å². The fourth-order valence-corrected chi connectivity index (χ4v) is 0. The van der Waals surface area contributed by atoms with E-state index in [0.29, 0.717) is 0 Å². The van der Waals surface area contributed by atoms with Gasteiger partial charge in [0, 0.05) is 0 Å². The van der Waals surface area contributed by atoms with Gasteiger partial charge in [0.1, 0.15) is 0 Å². The van der Waals surface area contributed by atoms with Gasteiger partial charge in [0.2, 0.25) is 0 Å². The predicted octanol–water partition coefficient (Wildman–Crippen LogP) is -1.25. The maximum absolute atomic E-state index is 9.48. The molecule has 0 rings (SSSR count). The molecule has 0 fully saturated rings. The second-order valence-electron chi connectivity index (χ2n) is 0.478. The van der Waals surface area contributed by atoms with Gasteiger partial charge in [-0.15, -0.1) is 5.14 Å². The third-order valence-electron chi connectivity index (χ3n) is 0.141. The van der Waals surface area contributed by atoms with Crippen molar-refractivity contribution in [1.29, 1.82) is 0 Å². The van der Waals surface area contributed by atoms with E-state index in [1.54, 1.807) is 0 Å². The molecule has 2 unspecified atom stereocenters.